The van der Waals surface area contributed by atoms with Crippen LogP contribution in [-0.4, -0.2) is 24.1 Å². The summed E-state index contributed by atoms with van der Waals surface area (Å²) in [7, 11) is 3.32. The van der Waals surface area contributed by atoms with Gasteiger partial charge in [0.05, 0.1) is 26.0 Å². The van der Waals surface area contributed by atoms with Gasteiger partial charge in [-0.3, -0.25) is 0 Å². The van der Waals surface area contributed by atoms with Gasteiger partial charge in [0.1, 0.15) is 17.3 Å². The summed E-state index contributed by atoms with van der Waals surface area (Å²) in [6, 6.07) is 7.57. The number of aromatic nitrogens is 1. The molecule has 0 saturated heterocycles. The summed E-state index contributed by atoms with van der Waals surface area (Å²) in [6.45, 7) is 2.77. The minimum absolute atomic E-state index is 0.0778. The molecule has 0 radical (unpaired) electrons. The molecule has 0 bridgehead atoms. The van der Waals surface area contributed by atoms with Crippen LogP contribution in [-0.2, 0) is 6.54 Å². The van der Waals surface area contributed by atoms with Gasteiger partial charge in [0.2, 0.25) is 0 Å². The van der Waals surface area contributed by atoms with Gasteiger partial charge in [0.15, 0.2) is 0 Å². The predicted octanol–water partition coefficient (Wildman–Crippen LogP) is 2.81. The van der Waals surface area contributed by atoms with E-state index in [1.54, 1.807) is 20.3 Å². The van der Waals surface area contributed by atoms with Crippen molar-refractivity contribution in [1.29, 1.82) is 0 Å². The van der Waals surface area contributed by atoms with E-state index in [2.05, 4.69) is 16.8 Å². The Kier molecular flexibility index (Phi) is 4.20. The van der Waals surface area contributed by atoms with Crippen LogP contribution in [0, 0.1) is 0 Å². The topological polar surface area (TPSA) is 86.6 Å². The summed E-state index contributed by atoms with van der Waals surface area (Å²) in [4.78, 5) is 6.56. The molecule has 0 fully saturated rings. The van der Waals surface area contributed by atoms with Gasteiger partial charge in [-0.15, -0.1) is 0 Å². The zero-order valence-electron chi connectivity index (χ0n) is 14.1. The molecular weight excluding hydrogens is 304 g/mol. The fraction of sp³-hybridized carbons (Fsp3) is 0.278. The molecule has 1 atom stereocenters. The largest absolute Gasteiger partial charge is 0.497 e. The SMILES string of the molecule is COc1ccc(OC)c(CN2C=Cc3nc(N)cc(N)c3C2C)c1. The number of hydrogen-bond donors (Lipinski definition) is 2. The van der Waals surface area contributed by atoms with E-state index in [-0.39, 0.29) is 6.04 Å². The first-order valence-electron chi connectivity index (χ1n) is 7.74. The van der Waals surface area contributed by atoms with E-state index in [9.17, 15) is 0 Å². The van der Waals surface area contributed by atoms with Gasteiger partial charge in [-0.2, -0.15) is 0 Å². The Morgan fingerprint density at radius 1 is 1.17 bits per heavy atom. The van der Waals surface area contributed by atoms with E-state index >= 15 is 0 Å². The van der Waals surface area contributed by atoms with Crippen molar-refractivity contribution in [1.82, 2.24) is 9.88 Å². The van der Waals surface area contributed by atoms with Crippen molar-refractivity contribution >= 4 is 17.6 Å². The number of methoxy groups -OCH3 is 2. The van der Waals surface area contributed by atoms with Crippen LogP contribution in [0.5, 0.6) is 11.5 Å². The molecule has 1 aromatic carbocycles. The molecule has 1 aliphatic heterocycles. The minimum atomic E-state index is 0.0778. The van der Waals surface area contributed by atoms with Gasteiger partial charge in [-0.05, 0) is 31.2 Å². The summed E-state index contributed by atoms with van der Waals surface area (Å²) < 4.78 is 10.8. The lowest BCUT2D eigenvalue weighted by Crippen LogP contribution is -2.26. The third-order valence-electron chi connectivity index (χ3n) is 4.32. The normalized spacial score (nSPS) is 16.0. The molecule has 1 unspecified atom stereocenters. The van der Waals surface area contributed by atoms with Crippen LogP contribution in [0.1, 0.15) is 29.8 Å². The van der Waals surface area contributed by atoms with E-state index < -0.39 is 0 Å². The Hall–Kier alpha value is -2.89. The van der Waals surface area contributed by atoms with Gasteiger partial charge in [-0.1, -0.05) is 0 Å². The third-order valence-corrected chi connectivity index (χ3v) is 4.32. The Morgan fingerprint density at radius 3 is 2.67 bits per heavy atom. The van der Waals surface area contributed by atoms with Crippen LogP contribution in [0.4, 0.5) is 11.5 Å². The Balaban J connectivity index is 1.93. The molecule has 1 aliphatic rings. The molecule has 2 heterocycles. The molecule has 0 spiro atoms. The second-order valence-electron chi connectivity index (χ2n) is 5.78. The lowest BCUT2D eigenvalue weighted by Gasteiger charge is -2.33. The molecule has 6 nitrogen and oxygen atoms in total. The average Bonchev–Trinajstić information content (AvgIpc) is 2.56. The number of nitrogen functional groups attached to an aromatic ring is 2. The van der Waals surface area contributed by atoms with Gasteiger partial charge in [-0.25, -0.2) is 4.98 Å². The number of rotatable bonds is 4. The smallest absolute Gasteiger partial charge is 0.126 e. The maximum absolute atomic E-state index is 6.16. The summed E-state index contributed by atoms with van der Waals surface area (Å²) in [6.07, 6.45) is 3.95. The van der Waals surface area contributed by atoms with Crippen LogP contribution in [0.3, 0.4) is 0 Å². The fourth-order valence-electron chi connectivity index (χ4n) is 3.05. The Bertz CT molecular complexity index is 789. The van der Waals surface area contributed by atoms with Crippen molar-refractivity contribution in [2.45, 2.75) is 19.5 Å². The molecule has 0 amide bonds. The molecule has 4 N–H and O–H groups in total. The van der Waals surface area contributed by atoms with Crippen LogP contribution in [0.15, 0.2) is 30.5 Å². The molecule has 24 heavy (non-hydrogen) atoms. The Labute approximate surface area is 141 Å². The van der Waals surface area contributed by atoms with Gasteiger partial charge in [0, 0.05) is 35.6 Å². The summed E-state index contributed by atoms with van der Waals surface area (Å²) >= 11 is 0. The Morgan fingerprint density at radius 2 is 1.96 bits per heavy atom. The number of benzene rings is 1. The highest BCUT2D eigenvalue weighted by Crippen LogP contribution is 2.36. The number of nitrogens with two attached hydrogens (primary N) is 2. The van der Waals surface area contributed by atoms with Crippen LogP contribution < -0.4 is 20.9 Å². The monoisotopic (exact) mass is 326 g/mol. The van der Waals surface area contributed by atoms with Crippen LogP contribution in [0.25, 0.3) is 6.08 Å². The molecule has 126 valence electrons. The first-order chi connectivity index (χ1) is 11.5. The van der Waals surface area contributed by atoms with Gasteiger partial charge in [0.25, 0.3) is 0 Å². The average molecular weight is 326 g/mol. The van der Waals surface area contributed by atoms with Crippen molar-refractivity contribution in [2.24, 2.45) is 0 Å². The number of pyridine rings is 1. The van der Waals surface area contributed by atoms with E-state index in [0.717, 1.165) is 28.3 Å². The highest BCUT2D eigenvalue weighted by molar-refractivity contribution is 5.66. The molecule has 0 saturated carbocycles. The van der Waals surface area contributed by atoms with Crippen molar-refractivity contribution in [3.8, 4) is 11.5 Å². The van der Waals surface area contributed by atoms with E-state index in [1.165, 1.54) is 0 Å². The number of hydrogen-bond acceptors (Lipinski definition) is 6. The standard InChI is InChI=1S/C18H22N4O2/c1-11-18-14(19)9-17(20)21-15(18)6-7-22(11)10-12-8-13(23-2)4-5-16(12)24-3/h4-9,11H,10H2,1-3H3,(H4,19,20,21). The van der Waals surface area contributed by atoms with Crippen molar-refractivity contribution < 1.29 is 9.47 Å². The summed E-state index contributed by atoms with van der Waals surface area (Å²) in [5.41, 5.74) is 15.5. The van der Waals surface area contributed by atoms with Gasteiger partial charge < -0.3 is 25.8 Å². The first kappa shape index (κ1) is 16.0. The fourth-order valence-corrected chi connectivity index (χ4v) is 3.05. The summed E-state index contributed by atoms with van der Waals surface area (Å²) in [5.74, 6) is 2.06. The maximum Gasteiger partial charge on any atom is 0.126 e. The molecule has 3 rings (SSSR count). The van der Waals surface area contributed by atoms with Crippen molar-refractivity contribution in [2.75, 3.05) is 25.7 Å². The van der Waals surface area contributed by atoms with Crippen molar-refractivity contribution in [3.63, 3.8) is 0 Å². The number of nitrogens with zero attached hydrogens (tertiary/aromatic N) is 2. The van der Waals surface area contributed by atoms with Crippen LogP contribution in [0.2, 0.25) is 0 Å². The van der Waals surface area contributed by atoms with Crippen LogP contribution >= 0.6 is 0 Å². The minimum Gasteiger partial charge on any atom is -0.497 e. The van der Waals surface area contributed by atoms with Crippen molar-refractivity contribution in [3.05, 3.63) is 47.3 Å². The predicted molar refractivity (Wildman–Crippen MR) is 95.6 cm³/mol. The lowest BCUT2D eigenvalue weighted by atomic mass is 9.99. The second kappa shape index (κ2) is 6.31. The molecule has 1 aromatic heterocycles. The third kappa shape index (κ3) is 2.82. The second-order valence-corrected chi connectivity index (χ2v) is 5.78. The van der Waals surface area contributed by atoms with Gasteiger partial charge >= 0.3 is 0 Å². The quantitative estimate of drug-likeness (QED) is 0.898. The molecule has 2 aromatic rings. The number of anilines is 2. The first-order valence-corrected chi connectivity index (χ1v) is 7.74. The zero-order chi connectivity index (χ0) is 17.3. The van der Waals surface area contributed by atoms with E-state index in [1.807, 2.05) is 30.5 Å². The molecule has 6 heteroatoms. The highest BCUT2D eigenvalue weighted by atomic mass is 16.5. The lowest BCUT2D eigenvalue weighted by molar-refractivity contribution is 0.281. The molecule has 0 aliphatic carbocycles. The maximum atomic E-state index is 6.16. The molecular formula is C18H22N4O2. The van der Waals surface area contributed by atoms with E-state index in [0.29, 0.717) is 18.1 Å². The number of ether oxygens (including phenoxy) is 2. The number of fused-ring (bicyclic) bond motifs is 1. The summed E-state index contributed by atoms with van der Waals surface area (Å²) in [5, 5.41) is 0. The zero-order valence-corrected chi connectivity index (χ0v) is 14.1. The highest BCUT2D eigenvalue weighted by Gasteiger charge is 2.24. The van der Waals surface area contributed by atoms with E-state index in [4.69, 9.17) is 20.9 Å².